The molecule has 0 spiro atoms. The molecular formula is C17H21FN2O2S. The normalized spacial score (nSPS) is 13.3. The Morgan fingerprint density at radius 2 is 1.61 bits per heavy atom. The van der Waals surface area contributed by atoms with Crippen molar-refractivity contribution in [2.75, 3.05) is 6.54 Å². The first-order valence-electron chi connectivity index (χ1n) is 7.41. The SMILES string of the molecule is CC(C)c1ccc(C(N)CNS(=O)(=O)c2ccccc2F)cc1. The molecule has 3 N–H and O–H groups in total. The summed E-state index contributed by atoms with van der Waals surface area (Å²) in [6, 6.07) is 12.5. The van der Waals surface area contributed by atoms with Crippen molar-refractivity contribution in [3.63, 3.8) is 0 Å². The van der Waals surface area contributed by atoms with Crippen LogP contribution in [0.25, 0.3) is 0 Å². The molecule has 2 aromatic carbocycles. The maximum absolute atomic E-state index is 13.6. The Kier molecular flexibility index (Phi) is 5.51. The molecule has 0 amide bonds. The third-order valence-electron chi connectivity index (χ3n) is 3.65. The molecule has 0 heterocycles. The van der Waals surface area contributed by atoms with E-state index in [4.69, 9.17) is 5.73 Å². The topological polar surface area (TPSA) is 72.2 Å². The predicted octanol–water partition coefficient (Wildman–Crippen LogP) is 2.93. The van der Waals surface area contributed by atoms with Gasteiger partial charge in [-0.2, -0.15) is 0 Å². The summed E-state index contributed by atoms with van der Waals surface area (Å²) >= 11 is 0. The van der Waals surface area contributed by atoms with Crippen molar-refractivity contribution >= 4 is 10.0 Å². The molecule has 2 rings (SSSR count). The predicted molar refractivity (Wildman–Crippen MR) is 89.0 cm³/mol. The molecule has 2 aromatic rings. The Hall–Kier alpha value is -1.76. The minimum absolute atomic E-state index is 0.00229. The van der Waals surface area contributed by atoms with E-state index in [1.807, 2.05) is 24.3 Å². The van der Waals surface area contributed by atoms with Crippen LogP contribution in [0.5, 0.6) is 0 Å². The number of hydrogen-bond donors (Lipinski definition) is 2. The lowest BCUT2D eigenvalue weighted by Gasteiger charge is -2.15. The lowest BCUT2D eigenvalue weighted by molar-refractivity contribution is 0.551. The monoisotopic (exact) mass is 336 g/mol. The summed E-state index contributed by atoms with van der Waals surface area (Å²) in [5, 5.41) is 0. The first-order valence-corrected chi connectivity index (χ1v) is 8.89. The molecule has 0 radical (unpaired) electrons. The van der Waals surface area contributed by atoms with E-state index in [9.17, 15) is 12.8 Å². The third-order valence-corrected chi connectivity index (χ3v) is 5.11. The molecule has 1 atom stereocenters. The highest BCUT2D eigenvalue weighted by Crippen LogP contribution is 2.18. The van der Waals surface area contributed by atoms with Crippen LogP contribution >= 0.6 is 0 Å². The van der Waals surface area contributed by atoms with Gasteiger partial charge < -0.3 is 5.73 Å². The van der Waals surface area contributed by atoms with Crippen molar-refractivity contribution in [1.29, 1.82) is 0 Å². The fourth-order valence-corrected chi connectivity index (χ4v) is 3.32. The van der Waals surface area contributed by atoms with E-state index in [1.54, 1.807) is 0 Å². The van der Waals surface area contributed by atoms with Crippen LogP contribution in [0.4, 0.5) is 4.39 Å². The number of halogens is 1. The zero-order chi connectivity index (χ0) is 17.0. The van der Waals surface area contributed by atoms with Crippen molar-refractivity contribution in [2.45, 2.75) is 30.7 Å². The standard InChI is InChI=1S/C17H21FN2O2S/c1-12(2)13-7-9-14(10-8-13)16(19)11-20-23(21,22)17-6-4-3-5-15(17)18/h3-10,12,16,20H,11,19H2,1-2H3. The van der Waals surface area contributed by atoms with Gasteiger partial charge in [0.05, 0.1) is 0 Å². The quantitative estimate of drug-likeness (QED) is 0.852. The number of rotatable bonds is 6. The maximum atomic E-state index is 13.6. The Morgan fingerprint density at radius 1 is 1.04 bits per heavy atom. The Bertz CT molecular complexity index is 758. The second-order valence-electron chi connectivity index (χ2n) is 5.71. The van der Waals surface area contributed by atoms with Gasteiger partial charge in [0.25, 0.3) is 0 Å². The number of benzene rings is 2. The molecular weight excluding hydrogens is 315 g/mol. The smallest absolute Gasteiger partial charge is 0.243 e. The van der Waals surface area contributed by atoms with Gasteiger partial charge in [-0.05, 0) is 29.2 Å². The van der Waals surface area contributed by atoms with Crippen LogP contribution < -0.4 is 10.5 Å². The molecule has 0 saturated carbocycles. The van der Waals surface area contributed by atoms with E-state index >= 15 is 0 Å². The molecule has 0 aromatic heterocycles. The molecule has 0 aliphatic rings. The molecule has 0 saturated heterocycles. The number of nitrogens with one attached hydrogen (secondary N) is 1. The van der Waals surface area contributed by atoms with E-state index < -0.39 is 21.9 Å². The van der Waals surface area contributed by atoms with Gasteiger partial charge in [-0.3, -0.25) is 0 Å². The zero-order valence-electron chi connectivity index (χ0n) is 13.2. The van der Waals surface area contributed by atoms with E-state index in [-0.39, 0.29) is 11.4 Å². The maximum Gasteiger partial charge on any atom is 0.243 e. The van der Waals surface area contributed by atoms with Gasteiger partial charge in [0, 0.05) is 12.6 Å². The third kappa shape index (κ3) is 4.37. The fourth-order valence-electron chi connectivity index (χ4n) is 2.19. The molecule has 0 fully saturated rings. The largest absolute Gasteiger partial charge is 0.323 e. The van der Waals surface area contributed by atoms with Crippen LogP contribution in [0.3, 0.4) is 0 Å². The summed E-state index contributed by atoms with van der Waals surface area (Å²) in [7, 11) is -3.92. The van der Waals surface area contributed by atoms with E-state index in [1.165, 1.54) is 23.8 Å². The highest BCUT2D eigenvalue weighted by atomic mass is 32.2. The first-order chi connectivity index (χ1) is 10.8. The minimum atomic E-state index is -3.92. The van der Waals surface area contributed by atoms with Gasteiger partial charge >= 0.3 is 0 Å². The van der Waals surface area contributed by atoms with Gasteiger partial charge in [0.15, 0.2) is 0 Å². The number of nitrogens with two attached hydrogens (primary N) is 1. The molecule has 0 aliphatic carbocycles. The van der Waals surface area contributed by atoms with Crippen molar-refractivity contribution < 1.29 is 12.8 Å². The summed E-state index contributed by atoms with van der Waals surface area (Å²) in [6.07, 6.45) is 0. The van der Waals surface area contributed by atoms with Crippen LogP contribution in [-0.2, 0) is 10.0 Å². The molecule has 0 aliphatic heterocycles. The molecule has 1 unspecified atom stereocenters. The molecule has 124 valence electrons. The molecule has 4 nitrogen and oxygen atoms in total. The Balaban J connectivity index is 2.06. The van der Waals surface area contributed by atoms with Gasteiger partial charge in [0.1, 0.15) is 10.7 Å². The summed E-state index contributed by atoms with van der Waals surface area (Å²) in [6.45, 7) is 4.19. The van der Waals surface area contributed by atoms with Gasteiger partial charge in [-0.15, -0.1) is 0 Å². The van der Waals surface area contributed by atoms with Crippen molar-refractivity contribution in [1.82, 2.24) is 4.72 Å². The molecule has 6 heteroatoms. The highest BCUT2D eigenvalue weighted by Gasteiger charge is 2.19. The van der Waals surface area contributed by atoms with Crippen LogP contribution in [-0.4, -0.2) is 15.0 Å². The summed E-state index contributed by atoms with van der Waals surface area (Å²) in [4.78, 5) is -0.373. The van der Waals surface area contributed by atoms with E-state index in [0.29, 0.717) is 5.92 Å². The zero-order valence-corrected chi connectivity index (χ0v) is 14.0. The summed E-state index contributed by atoms with van der Waals surface area (Å²) in [5.41, 5.74) is 8.04. The second-order valence-corrected chi connectivity index (χ2v) is 7.45. The van der Waals surface area contributed by atoms with Crippen LogP contribution in [0.2, 0.25) is 0 Å². The van der Waals surface area contributed by atoms with Crippen LogP contribution in [0, 0.1) is 5.82 Å². The van der Waals surface area contributed by atoms with Gasteiger partial charge in [0.2, 0.25) is 10.0 Å². The fraction of sp³-hybridized carbons (Fsp3) is 0.294. The van der Waals surface area contributed by atoms with E-state index in [2.05, 4.69) is 18.6 Å². The van der Waals surface area contributed by atoms with Crippen LogP contribution in [0.1, 0.15) is 36.9 Å². The Morgan fingerprint density at radius 3 is 2.17 bits per heavy atom. The van der Waals surface area contributed by atoms with Crippen molar-refractivity contribution in [2.24, 2.45) is 5.73 Å². The van der Waals surface area contributed by atoms with Crippen LogP contribution in [0.15, 0.2) is 53.4 Å². The molecule has 0 bridgehead atoms. The minimum Gasteiger partial charge on any atom is -0.323 e. The molecule has 23 heavy (non-hydrogen) atoms. The van der Waals surface area contributed by atoms with Gasteiger partial charge in [-0.1, -0.05) is 50.2 Å². The number of hydrogen-bond acceptors (Lipinski definition) is 3. The second kappa shape index (κ2) is 7.21. The lowest BCUT2D eigenvalue weighted by Crippen LogP contribution is -2.32. The Labute approximate surface area is 136 Å². The van der Waals surface area contributed by atoms with Gasteiger partial charge in [-0.25, -0.2) is 17.5 Å². The average Bonchev–Trinajstić information content (AvgIpc) is 2.53. The highest BCUT2D eigenvalue weighted by molar-refractivity contribution is 7.89. The summed E-state index contributed by atoms with van der Waals surface area (Å²) < 4.78 is 40.2. The lowest BCUT2D eigenvalue weighted by atomic mass is 9.99. The number of sulfonamides is 1. The van der Waals surface area contributed by atoms with Crippen molar-refractivity contribution in [3.05, 3.63) is 65.5 Å². The van der Waals surface area contributed by atoms with E-state index in [0.717, 1.165) is 11.6 Å². The average molecular weight is 336 g/mol. The first kappa shape index (κ1) is 17.6. The van der Waals surface area contributed by atoms with Crippen molar-refractivity contribution in [3.8, 4) is 0 Å². The summed E-state index contributed by atoms with van der Waals surface area (Å²) in [5.74, 6) is -0.366.